The van der Waals surface area contributed by atoms with Gasteiger partial charge in [-0.3, -0.25) is 0 Å². The Labute approximate surface area is 81.1 Å². The minimum absolute atomic E-state index is 0.204. The first kappa shape index (κ1) is 10.8. The molecule has 0 spiro atoms. The lowest BCUT2D eigenvalue weighted by Gasteiger charge is -2.33. The smallest absolute Gasteiger partial charge is 0.329 e. The van der Waals surface area contributed by atoms with Crippen LogP contribution in [0.3, 0.4) is 0 Å². The standard InChI is InChI=1S/C8H13NO5/c10-7(11)5-14-6-2-1-3-9(4-6)8(12)13/h6H,1-5H2,(H,10,11)(H,12,13)/p-1. The van der Waals surface area contributed by atoms with Gasteiger partial charge in [0.25, 0.3) is 0 Å². The van der Waals surface area contributed by atoms with Crippen LogP contribution in [0.1, 0.15) is 12.8 Å². The molecule has 0 radical (unpaired) electrons. The number of amides is 1. The van der Waals surface area contributed by atoms with Gasteiger partial charge in [0.2, 0.25) is 0 Å². The second-order valence-electron chi connectivity index (χ2n) is 3.18. The molecule has 0 saturated carbocycles. The molecule has 1 aliphatic rings. The van der Waals surface area contributed by atoms with Crippen LogP contribution < -0.4 is 5.11 Å². The molecule has 1 fully saturated rings. The average molecular weight is 202 g/mol. The molecule has 0 aromatic rings. The van der Waals surface area contributed by atoms with Crippen molar-refractivity contribution >= 4 is 12.1 Å². The van der Waals surface area contributed by atoms with Gasteiger partial charge >= 0.3 is 5.97 Å². The van der Waals surface area contributed by atoms with Crippen LogP contribution >= 0.6 is 0 Å². The van der Waals surface area contributed by atoms with E-state index in [1.807, 2.05) is 0 Å². The number of likely N-dealkylation sites (tertiary alicyclic amines) is 1. The topological polar surface area (TPSA) is 89.9 Å². The van der Waals surface area contributed by atoms with Gasteiger partial charge in [0.05, 0.1) is 6.10 Å². The second-order valence-corrected chi connectivity index (χ2v) is 3.18. The first-order valence-electron chi connectivity index (χ1n) is 4.39. The average Bonchev–Trinajstić information content (AvgIpc) is 2.15. The monoisotopic (exact) mass is 202 g/mol. The summed E-state index contributed by atoms with van der Waals surface area (Å²) in [4.78, 5) is 21.8. The molecule has 80 valence electrons. The molecule has 1 saturated heterocycles. The van der Waals surface area contributed by atoms with Crippen molar-refractivity contribution in [3.8, 4) is 0 Å². The lowest BCUT2D eigenvalue weighted by Crippen LogP contribution is -2.49. The highest BCUT2D eigenvalue weighted by molar-refractivity contribution is 5.68. The molecule has 0 aliphatic carbocycles. The van der Waals surface area contributed by atoms with Crippen LogP contribution in [0, 0.1) is 0 Å². The Hall–Kier alpha value is -1.30. The van der Waals surface area contributed by atoms with Crippen LogP contribution in [-0.4, -0.2) is 47.9 Å². The highest BCUT2D eigenvalue weighted by Crippen LogP contribution is 2.12. The van der Waals surface area contributed by atoms with Gasteiger partial charge in [-0.1, -0.05) is 0 Å². The van der Waals surface area contributed by atoms with E-state index in [4.69, 9.17) is 9.84 Å². The van der Waals surface area contributed by atoms with Crippen LogP contribution in [0.5, 0.6) is 0 Å². The SMILES string of the molecule is O=C(O)COC1CCCN(C(=O)[O-])C1. The number of rotatable bonds is 3. The molecule has 0 bridgehead atoms. The summed E-state index contributed by atoms with van der Waals surface area (Å²) >= 11 is 0. The van der Waals surface area contributed by atoms with Crippen LogP contribution in [0.2, 0.25) is 0 Å². The number of hydrogen-bond donors (Lipinski definition) is 1. The normalized spacial score (nSPS) is 22.0. The summed E-state index contributed by atoms with van der Waals surface area (Å²) in [6.07, 6.45) is -0.179. The fraction of sp³-hybridized carbons (Fsp3) is 0.750. The number of piperidine rings is 1. The number of carbonyl (C=O) groups is 2. The zero-order valence-electron chi connectivity index (χ0n) is 7.64. The van der Waals surface area contributed by atoms with Gasteiger partial charge in [-0.05, 0) is 12.8 Å². The van der Waals surface area contributed by atoms with E-state index in [1.165, 1.54) is 0 Å². The summed E-state index contributed by atoms with van der Waals surface area (Å²) in [6, 6.07) is 0. The van der Waals surface area contributed by atoms with Crippen LogP contribution in [-0.2, 0) is 9.53 Å². The lowest BCUT2D eigenvalue weighted by molar-refractivity contribution is -0.268. The van der Waals surface area contributed by atoms with E-state index in [0.29, 0.717) is 19.4 Å². The molecule has 1 N–H and O–H groups in total. The maximum atomic E-state index is 10.5. The fourth-order valence-corrected chi connectivity index (χ4v) is 1.43. The number of nitrogens with zero attached hydrogens (tertiary/aromatic N) is 1. The van der Waals surface area contributed by atoms with E-state index < -0.39 is 12.1 Å². The van der Waals surface area contributed by atoms with Crippen molar-refractivity contribution in [2.24, 2.45) is 0 Å². The third kappa shape index (κ3) is 3.21. The van der Waals surface area contributed by atoms with Gasteiger partial charge in [0.15, 0.2) is 0 Å². The molecular weight excluding hydrogens is 190 g/mol. The summed E-state index contributed by atoms with van der Waals surface area (Å²) in [6.45, 7) is 0.260. The zero-order chi connectivity index (χ0) is 10.6. The van der Waals surface area contributed by atoms with Crippen molar-refractivity contribution in [1.29, 1.82) is 0 Å². The molecular formula is C8H12NO5-. The molecule has 1 atom stereocenters. The largest absolute Gasteiger partial charge is 0.530 e. The predicted molar refractivity (Wildman–Crippen MR) is 43.6 cm³/mol. The molecule has 1 amide bonds. The van der Waals surface area contributed by atoms with Crippen molar-refractivity contribution < 1.29 is 24.5 Å². The molecule has 14 heavy (non-hydrogen) atoms. The first-order valence-corrected chi connectivity index (χ1v) is 4.39. The van der Waals surface area contributed by atoms with Gasteiger partial charge in [0, 0.05) is 13.1 Å². The molecule has 6 heteroatoms. The van der Waals surface area contributed by atoms with E-state index in [9.17, 15) is 14.7 Å². The van der Waals surface area contributed by atoms with Crippen LogP contribution in [0.4, 0.5) is 4.79 Å². The Balaban J connectivity index is 2.32. The van der Waals surface area contributed by atoms with Gasteiger partial charge < -0.3 is 24.6 Å². The number of aliphatic carboxylic acids is 1. The van der Waals surface area contributed by atoms with Gasteiger partial charge in [-0.2, -0.15) is 0 Å². The molecule has 0 aromatic carbocycles. The van der Waals surface area contributed by atoms with Crippen molar-refractivity contribution in [2.75, 3.05) is 19.7 Å². The predicted octanol–water partition coefficient (Wildman–Crippen LogP) is -1.10. The van der Waals surface area contributed by atoms with Crippen molar-refractivity contribution in [2.45, 2.75) is 18.9 Å². The second kappa shape index (κ2) is 4.80. The zero-order valence-corrected chi connectivity index (χ0v) is 7.64. The molecule has 1 aliphatic heterocycles. The minimum Gasteiger partial charge on any atom is -0.530 e. The molecule has 6 nitrogen and oxygen atoms in total. The summed E-state index contributed by atoms with van der Waals surface area (Å²) in [7, 11) is 0. The van der Waals surface area contributed by atoms with Gasteiger partial charge in [0.1, 0.15) is 12.7 Å². The maximum absolute atomic E-state index is 10.5. The first-order chi connectivity index (χ1) is 6.59. The maximum Gasteiger partial charge on any atom is 0.329 e. The van der Waals surface area contributed by atoms with Crippen molar-refractivity contribution in [1.82, 2.24) is 4.90 Å². The summed E-state index contributed by atoms with van der Waals surface area (Å²) < 4.78 is 4.99. The van der Waals surface area contributed by atoms with Crippen molar-refractivity contribution in [3.05, 3.63) is 0 Å². The third-order valence-corrected chi connectivity index (χ3v) is 2.08. The van der Waals surface area contributed by atoms with E-state index in [2.05, 4.69) is 0 Å². The molecule has 1 unspecified atom stereocenters. The van der Waals surface area contributed by atoms with E-state index in [0.717, 1.165) is 4.90 Å². The van der Waals surface area contributed by atoms with Crippen molar-refractivity contribution in [3.63, 3.8) is 0 Å². The quantitative estimate of drug-likeness (QED) is 0.627. The van der Waals surface area contributed by atoms with Gasteiger partial charge in [-0.25, -0.2) is 4.79 Å². The summed E-state index contributed by atoms with van der Waals surface area (Å²) in [5.74, 6) is -1.05. The highest BCUT2D eigenvalue weighted by atomic mass is 16.5. The number of hydrogen-bond acceptors (Lipinski definition) is 4. The van der Waals surface area contributed by atoms with Crippen LogP contribution in [0.25, 0.3) is 0 Å². The highest BCUT2D eigenvalue weighted by Gasteiger charge is 2.20. The fourth-order valence-electron chi connectivity index (χ4n) is 1.43. The third-order valence-electron chi connectivity index (χ3n) is 2.08. The van der Waals surface area contributed by atoms with E-state index >= 15 is 0 Å². The van der Waals surface area contributed by atoms with Gasteiger partial charge in [-0.15, -0.1) is 0 Å². The van der Waals surface area contributed by atoms with Crippen LogP contribution in [0.15, 0.2) is 0 Å². The number of ether oxygens (including phenoxy) is 1. The number of carbonyl (C=O) groups excluding carboxylic acids is 1. The number of carboxylic acid groups (broad SMARTS) is 2. The molecule has 1 heterocycles. The Morgan fingerprint density at radius 3 is 2.86 bits per heavy atom. The Kier molecular flexibility index (Phi) is 3.70. The Morgan fingerprint density at radius 2 is 2.29 bits per heavy atom. The Morgan fingerprint density at radius 1 is 1.57 bits per heavy atom. The number of carboxylic acids is 1. The molecule has 0 aromatic heterocycles. The minimum atomic E-state index is -1.23. The summed E-state index contributed by atoms with van der Waals surface area (Å²) in [5.41, 5.74) is 0. The lowest BCUT2D eigenvalue weighted by atomic mass is 10.1. The Bertz CT molecular complexity index is 230. The molecule has 1 rings (SSSR count). The summed E-state index contributed by atoms with van der Waals surface area (Å²) in [5, 5.41) is 18.8. The van der Waals surface area contributed by atoms with E-state index in [1.54, 1.807) is 0 Å². The van der Waals surface area contributed by atoms with E-state index in [-0.39, 0.29) is 19.3 Å².